The molecule has 0 atom stereocenters. The summed E-state index contributed by atoms with van der Waals surface area (Å²) in [5, 5.41) is 9.69. The van der Waals surface area contributed by atoms with E-state index in [0.717, 1.165) is 6.07 Å². The van der Waals surface area contributed by atoms with Gasteiger partial charge in [-0.25, -0.2) is 9.78 Å². The van der Waals surface area contributed by atoms with Gasteiger partial charge in [0.2, 0.25) is 5.71 Å². The normalized spacial score (nSPS) is 10.3. The highest BCUT2D eigenvalue weighted by molar-refractivity contribution is 5.79. The molecule has 0 amide bonds. The highest BCUT2D eigenvalue weighted by Crippen LogP contribution is 2.18. The Bertz CT molecular complexity index is 475. The van der Waals surface area contributed by atoms with Crippen LogP contribution in [-0.2, 0) is 0 Å². The zero-order valence-electron chi connectivity index (χ0n) is 6.02. The van der Waals surface area contributed by atoms with E-state index >= 15 is 0 Å². The Balaban J connectivity index is 2.99. The van der Waals surface area contributed by atoms with E-state index < -0.39 is 5.63 Å². The Morgan fingerprint density at radius 1 is 1.50 bits per heavy atom. The molecule has 0 saturated carbocycles. The SMILES string of the molecule is O=c1cc(O)c2cccnc2o1. The van der Waals surface area contributed by atoms with Crippen molar-refractivity contribution in [1.29, 1.82) is 0 Å². The molecule has 0 spiro atoms. The van der Waals surface area contributed by atoms with E-state index in [-0.39, 0.29) is 11.5 Å². The van der Waals surface area contributed by atoms with Gasteiger partial charge in [0.1, 0.15) is 5.75 Å². The van der Waals surface area contributed by atoms with Crippen LogP contribution in [0, 0.1) is 0 Å². The molecule has 0 aliphatic heterocycles. The molecule has 0 saturated heterocycles. The molecule has 0 fully saturated rings. The zero-order chi connectivity index (χ0) is 8.55. The summed E-state index contributed by atoms with van der Waals surface area (Å²) in [7, 11) is 0. The van der Waals surface area contributed by atoms with Crippen LogP contribution in [0.15, 0.2) is 33.6 Å². The molecular formula is C8H5NO3. The van der Waals surface area contributed by atoms with Gasteiger partial charge in [-0.05, 0) is 12.1 Å². The van der Waals surface area contributed by atoms with E-state index in [1.54, 1.807) is 12.1 Å². The number of pyridine rings is 1. The maximum absolute atomic E-state index is 10.7. The number of rotatable bonds is 0. The highest BCUT2D eigenvalue weighted by atomic mass is 16.4. The third-order valence-corrected chi connectivity index (χ3v) is 1.50. The second-order valence-corrected chi connectivity index (χ2v) is 2.31. The van der Waals surface area contributed by atoms with Crippen LogP contribution in [0.4, 0.5) is 0 Å². The van der Waals surface area contributed by atoms with Crippen LogP contribution in [0.25, 0.3) is 11.1 Å². The quantitative estimate of drug-likeness (QED) is 0.626. The van der Waals surface area contributed by atoms with Gasteiger partial charge >= 0.3 is 5.63 Å². The summed E-state index contributed by atoms with van der Waals surface area (Å²) in [6.07, 6.45) is 1.49. The number of aromatic hydroxyl groups is 1. The predicted octanol–water partition coefficient (Wildman–Crippen LogP) is 0.894. The Hall–Kier alpha value is -1.84. The summed E-state index contributed by atoms with van der Waals surface area (Å²) in [5.74, 6) is -0.102. The molecule has 1 N–H and O–H groups in total. The molecule has 60 valence electrons. The van der Waals surface area contributed by atoms with E-state index in [9.17, 15) is 9.90 Å². The van der Waals surface area contributed by atoms with Crippen LogP contribution in [-0.4, -0.2) is 10.1 Å². The van der Waals surface area contributed by atoms with E-state index in [1.807, 2.05) is 0 Å². The topological polar surface area (TPSA) is 63.3 Å². The molecule has 0 aliphatic rings. The molecule has 0 aromatic carbocycles. The first-order valence-electron chi connectivity index (χ1n) is 3.35. The van der Waals surface area contributed by atoms with Crippen molar-refractivity contribution in [3.8, 4) is 5.75 Å². The average Bonchev–Trinajstić information content (AvgIpc) is 2.04. The van der Waals surface area contributed by atoms with Crippen LogP contribution in [0.2, 0.25) is 0 Å². The lowest BCUT2D eigenvalue weighted by molar-refractivity contribution is 0.466. The third-order valence-electron chi connectivity index (χ3n) is 1.50. The Morgan fingerprint density at radius 3 is 3.17 bits per heavy atom. The lowest BCUT2D eigenvalue weighted by atomic mass is 10.3. The summed E-state index contributed by atoms with van der Waals surface area (Å²) in [4.78, 5) is 14.5. The fraction of sp³-hybridized carbons (Fsp3) is 0. The van der Waals surface area contributed by atoms with Gasteiger partial charge in [0, 0.05) is 6.20 Å². The van der Waals surface area contributed by atoms with Gasteiger partial charge in [-0.1, -0.05) is 0 Å². The molecule has 2 aromatic heterocycles. The fourth-order valence-corrected chi connectivity index (χ4v) is 0.981. The van der Waals surface area contributed by atoms with Crippen LogP contribution >= 0.6 is 0 Å². The molecule has 2 aromatic rings. The number of nitrogens with zero attached hydrogens (tertiary/aromatic N) is 1. The maximum atomic E-state index is 10.7. The molecule has 0 aliphatic carbocycles. The van der Waals surface area contributed by atoms with Gasteiger partial charge < -0.3 is 9.52 Å². The summed E-state index contributed by atoms with van der Waals surface area (Å²) < 4.78 is 4.72. The van der Waals surface area contributed by atoms with Gasteiger partial charge in [-0.3, -0.25) is 0 Å². The smallest absolute Gasteiger partial charge is 0.341 e. The minimum Gasteiger partial charge on any atom is -0.507 e. The molecule has 4 nitrogen and oxygen atoms in total. The average molecular weight is 163 g/mol. The van der Waals surface area contributed by atoms with Crippen molar-refractivity contribution < 1.29 is 9.52 Å². The first-order chi connectivity index (χ1) is 5.77. The van der Waals surface area contributed by atoms with Crippen molar-refractivity contribution in [3.63, 3.8) is 0 Å². The monoisotopic (exact) mass is 163 g/mol. The van der Waals surface area contributed by atoms with Gasteiger partial charge in [0.15, 0.2) is 0 Å². The number of fused-ring (bicyclic) bond motifs is 1. The van der Waals surface area contributed by atoms with Crippen LogP contribution in [0.3, 0.4) is 0 Å². The van der Waals surface area contributed by atoms with Crippen molar-refractivity contribution in [2.75, 3.05) is 0 Å². The minimum absolute atomic E-state index is 0.102. The Labute approximate surface area is 67.1 Å². The summed E-state index contributed by atoms with van der Waals surface area (Å²) >= 11 is 0. The van der Waals surface area contributed by atoms with Crippen molar-refractivity contribution >= 4 is 11.1 Å². The highest BCUT2D eigenvalue weighted by Gasteiger charge is 2.02. The van der Waals surface area contributed by atoms with Crippen molar-refractivity contribution in [1.82, 2.24) is 4.98 Å². The number of hydrogen-bond acceptors (Lipinski definition) is 4. The van der Waals surface area contributed by atoms with Crippen LogP contribution in [0.1, 0.15) is 0 Å². The van der Waals surface area contributed by atoms with Crippen molar-refractivity contribution in [2.24, 2.45) is 0 Å². The first-order valence-corrected chi connectivity index (χ1v) is 3.35. The van der Waals surface area contributed by atoms with Crippen molar-refractivity contribution in [2.45, 2.75) is 0 Å². The molecule has 12 heavy (non-hydrogen) atoms. The Kier molecular flexibility index (Phi) is 1.33. The molecule has 2 rings (SSSR count). The molecule has 4 heteroatoms. The van der Waals surface area contributed by atoms with Crippen LogP contribution < -0.4 is 5.63 Å². The van der Waals surface area contributed by atoms with Gasteiger partial charge in [0.25, 0.3) is 0 Å². The summed E-state index contributed by atoms with van der Waals surface area (Å²) in [6, 6.07) is 4.30. The molecule has 0 unspecified atom stereocenters. The third kappa shape index (κ3) is 0.934. The maximum Gasteiger partial charge on any atom is 0.341 e. The zero-order valence-corrected chi connectivity index (χ0v) is 6.02. The Morgan fingerprint density at radius 2 is 2.33 bits per heavy atom. The fourth-order valence-electron chi connectivity index (χ4n) is 0.981. The molecule has 0 radical (unpaired) electrons. The largest absolute Gasteiger partial charge is 0.507 e. The van der Waals surface area contributed by atoms with Gasteiger partial charge in [-0.15, -0.1) is 0 Å². The number of aromatic nitrogens is 1. The van der Waals surface area contributed by atoms with E-state index in [4.69, 9.17) is 4.42 Å². The molecule has 2 heterocycles. The van der Waals surface area contributed by atoms with E-state index in [2.05, 4.69) is 4.98 Å². The van der Waals surface area contributed by atoms with E-state index in [1.165, 1.54) is 6.20 Å². The molecular weight excluding hydrogens is 158 g/mol. The molecule has 0 bridgehead atoms. The summed E-state index contributed by atoms with van der Waals surface area (Å²) in [5.41, 5.74) is -0.443. The van der Waals surface area contributed by atoms with Gasteiger partial charge in [0.05, 0.1) is 11.5 Å². The van der Waals surface area contributed by atoms with E-state index in [0.29, 0.717) is 5.39 Å². The predicted molar refractivity (Wildman–Crippen MR) is 41.9 cm³/mol. The lowest BCUT2D eigenvalue weighted by Crippen LogP contribution is -1.95. The second-order valence-electron chi connectivity index (χ2n) is 2.31. The number of hydrogen-bond donors (Lipinski definition) is 1. The lowest BCUT2D eigenvalue weighted by Gasteiger charge is -1.95. The van der Waals surface area contributed by atoms with Crippen molar-refractivity contribution in [3.05, 3.63) is 34.8 Å². The van der Waals surface area contributed by atoms with Gasteiger partial charge in [-0.2, -0.15) is 0 Å². The minimum atomic E-state index is -0.598. The van der Waals surface area contributed by atoms with Crippen LogP contribution in [0.5, 0.6) is 5.75 Å². The standard InChI is InChI=1S/C8H5NO3/c10-6-4-7(11)12-8-5(6)2-1-3-9-8/h1-4,10H. The second kappa shape index (κ2) is 2.34. The first kappa shape index (κ1) is 6.84. The summed E-state index contributed by atoms with van der Waals surface area (Å²) in [6.45, 7) is 0.